The van der Waals surface area contributed by atoms with Crippen molar-refractivity contribution < 1.29 is 4.74 Å². The summed E-state index contributed by atoms with van der Waals surface area (Å²) < 4.78 is 6.01. The van der Waals surface area contributed by atoms with Gasteiger partial charge in [-0.2, -0.15) is 5.01 Å². The van der Waals surface area contributed by atoms with Crippen LogP contribution < -0.4 is 15.5 Å². The lowest BCUT2D eigenvalue weighted by Gasteiger charge is -2.25. The minimum Gasteiger partial charge on any atom is -0.464 e. The first-order valence-corrected chi connectivity index (χ1v) is 18.2. The quantitative estimate of drug-likeness (QED) is 0.125. The highest BCUT2D eigenvalue weighted by molar-refractivity contribution is 6.14. The number of nitrogens with zero attached hydrogens (tertiary/aromatic N) is 1. The predicted molar refractivity (Wildman–Crippen MR) is 215 cm³/mol. The van der Waals surface area contributed by atoms with Crippen LogP contribution in [0.4, 0.5) is 0 Å². The Bertz CT molecular complexity index is 2420. The van der Waals surface area contributed by atoms with E-state index in [2.05, 4.69) is 175 Å². The normalized spacial score (nSPS) is 22.5. The third-order valence-corrected chi connectivity index (χ3v) is 10.6. The van der Waals surface area contributed by atoms with Crippen LogP contribution in [0.25, 0.3) is 38.2 Å². The number of allylic oxidation sites excluding steroid dienone is 6. The Morgan fingerprint density at radius 3 is 2.42 bits per heavy atom. The van der Waals surface area contributed by atoms with Gasteiger partial charge in [0.15, 0.2) is 0 Å². The number of rotatable bonds is 8. The second-order valence-electron chi connectivity index (χ2n) is 14.0. The molecule has 6 aromatic carbocycles. The minimum absolute atomic E-state index is 0.000998. The van der Waals surface area contributed by atoms with Gasteiger partial charge in [-0.3, -0.25) is 5.32 Å². The third kappa shape index (κ3) is 6.22. The van der Waals surface area contributed by atoms with Gasteiger partial charge in [0.25, 0.3) is 0 Å². The lowest BCUT2D eigenvalue weighted by molar-refractivity contribution is 0.301. The van der Waals surface area contributed by atoms with Crippen molar-refractivity contribution in [1.82, 2.24) is 15.8 Å². The van der Waals surface area contributed by atoms with E-state index in [1.165, 1.54) is 54.9 Å². The molecule has 0 aromatic heterocycles. The van der Waals surface area contributed by atoms with E-state index in [0.717, 1.165) is 23.4 Å². The topological polar surface area (TPSA) is 46.2 Å². The van der Waals surface area contributed by atoms with Crippen molar-refractivity contribution in [1.29, 1.82) is 0 Å². The zero-order valence-electron chi connectivity index (χ0n) is 29.2. The Morgan fingerprint density at radius 1 is 0.788 bits per heavy atom. The highest BCUT2D eigenvalue weighted by Crippen LogP contribution is 2.42. The third-order valence-electron chi connectivity index (χ3n) is 10.6. The molecule has 2 N–H and O–H groups in total. The van der Waals surface area contributed by atoms with Crippen molar-refractivity contribution in [3.63, 3.8) is 0 Å². The molecule has 5 unspecified atom stereocenters. The summed E-state index contributed by atoms with van der Waals surface area (Å²) >= 11 is 0. The van der Waals surface area contributed by atoms with Crippen LogP contribution in [0.5, 0.6) is 5.75 Å². The smallest absolute Gasteiger partial charge is 0.134 e. The monoisotopic (exact) mass is 675 g/mol. The molecule has 4 nitrogen and oxygen atoms in total. The number of hydrogen-bond donors (Lipinski definition) is 2. The van der Waals surface area contributed by atoms with Crippen LogP contribution in [-0.4, -0.2) is 11.2 Å². The Kier molecular flexibility index (Phi) is 8.50. The van der Waals surface area contributed by atoms with Crippen molar-refractivity contribution in [2.75, 3.05) is 0 Å². The molecular weight excluding hydrogens is 635 g/mol. The number of fused-ring (bicyclic) bond motifs is 5. The molecule has 0 radical (unpaired) electrons. The first-order valence-electron chi connectivity index (χ1n) is 18.2. The van der Waals surface area contributed by atoms with E-state index in [9.17, 15) is 0 Å². The fourth-order valence-corrected chi connectivity index (χ4v) is 7.91. The molecule has 4 heteroatoms. The van der Waals surface area contributed by atoms with Crippen LogP contribution in [0.3, 0.4) is 0 Å². The Morgan fingerprint density at radius 2 is 1.58 bits per heavy atom. The van der Waals surface area contributed by atoms with Gasteiger partial charge in [0.1, 0.15) is 18.1 Å². The highest BCUT2D eigenvalue weighted by atomic mass is 16.5. The Labute approximate surface area is 305 Å². The van der Waals surface area contributed by atoms with Crippen molar-refractivity contribution in [2.45, 2.75) is 31.7 Å². The molecule has 254 valence electrons. The van der Waals surface area contributed by atoms with Gasteiger partial charge in [-0.05, 0) is 79.2 Å². The number of hydrogen-bond acceptors (Lipinski definition) is 4. The predicted octanol–water partition coefficient (Wildman–Crippen LogP) is 11.0. The molecule has 0 amide bonds. The van der Waals surface area contributed by atoms with E-state index in [4.69, 9.17) is 4.74 Å². The fraction of sp³-hybridized carbons (Fsp3) is 0.125. The molecule has 0 saturated carbocycles. The van der Waals surface area contributed by atoms with Crippen molar-refractivity contribution in [3.05, 3.63) is 205 Å². The van der Waals surface area contributed by atoms with Crippen LogP contribution in [0.2, 0.25) is 0 Å². The zero-order chi connectivity index (χ0) is 35.0. The standard InChI is InChI=1S/C48H41N3O/c1-32-12-9-10-27-52-44-26-23-36-19-20-39-30-38(21-25-43(39)46(36)45(32)44)42-24-22-41(28-33(42)2)48-50-51(48)47(49-31-34-13-5-3-6-14-34)40-18-11-17-37(29-40)35-15-7-4-8-16-35/h3-30,33,42,47-50H,1,31H2,2H3/b12-9-,27-10-. The van der Waals surface area contributed by atoms with Gasteiger partial charge in [0.2, 0.25) is 0 Å². The summed E-state index contributed by atoms with van der Waals surface area (Å²) in [6, 6.07) is 45.8. The van der Waals surface area contributed by atoms with Gasteiger partial charge < -0.3 is 4.74 Å². The number of hydrazine groups is 1. The molecule has 0 bridgehead atoms. The molecule has 2 heterocycles. The van der Waals surface area contributed by atoms with Gasteiger partial charge in [0, 0.05) is 23.4 Å². The zero-order valence-corrected chi connectivity index (χ0v) is 29.2. The van der Waals surface area contributed by atoms with Crippen molar-refractivity contribution in [2.24, 2.45) is 5.92 Å². The molecular formula is C48H41N3O. The average molecular weight is 676 g/mol. The number of benzene rings is 6. The van der Waals surface area contributed by atoms with E-state index in [0.29, 0.717) is 5.92 Å². The number of ether oxygens (including phenoxy) is 1. The summed E-state index contributed by atoms with van der Waals surface area (Å²) in [4.78, 5) is 0. The van der Waals surface area contributed by atoms with Gasteiger partial charge in [-0.25, -0.2) is 5.43 Å². The van der Waals surface area contributed by atoms with Crippen LogP contribution in [0.1, 0.15) is 41.3 Å². The summed E-state index contributed by atoms with van der Waals surface area (Å²) in [5, 5.41) is 11.0. The van der Waals surface area contributed by atoms with Crippen LogP contribution >= 0.6 is 0 Å². The first kappa shape index (κ1) is 32.1. The van der Waals surface area contributed by atoms with Gasteiger partial charge in [0.05, 0.1) is 6.26 Å². The highest BCUT2D eigenvalue weighted by Gasteiger charge is 2.42. The van der Waals surface area contributed by atoms with E-state index in [1.807, 2.05) is 18.2 Å². The van der Waals surface area contributed by atoms with E-state index in [1.54, 1.807) is 6.26 Å². The second kappa shape index (κ2) is 13.7. The maximum Gasteiger partial charge on any atom is 0.134 e. The second-order valence-corrected chi connectivity index (χ2v) is 14.0. The molecule has 1 aliphatic carbocycles. The van der Waals surface area contributed by atoms with E-state index < -0.39 is 0 Å². The summed E-state index contributed by atoms with van der Waals surface area (Å²) in [5.41, 5.74) is 13.3. The first-order chi connectivity index (χ1) is 25.6. The molecule has 6 aromatic rings. The Balaban J connectivity index is 0.976. The summed E-state index contributed by atoms with van der Waals surface area (Å²) in [6.07, 6.45) is 15.0. The molecule has 5 atom stereocenters. The van der Waals surface area contributed by atoms with Crippen LogP contribution in [-0.2, 0) is 6.54 Å². The molecule has 0 spiro atoms. The lowest BCUT2D eigenvalue weighted by Crippen LogP contribution is -2.29. The maximum absolute atomic E-state index is 6.01. The molecule has 1 saturated heterocycles. The molecule has 1 fully saturated rings. The minimum atomic E-state index is -0.000998. The van der Waals surface area contributed by atoms with Crippen LogP contribution in [0, 0.1) is 5.92 Å². The molecule has 2 aliphatic heterocycles. The van der Waals surface area contributed by atoms with Gasteiger partial charge in [-0.1, -0.05) is 159 Å². The molecule has 52 heavy (non-hydrogen) atoms. The molecule has 9 rings (SSSR count). The average Bonchev–Trinajstić information content (AvgIpc) is 3.98. The fourth-order valence-electron chi connectivity index (χ4n) is 7.91. The van der Waals surface area contributed by atoms with E-state index >= 15 is 0 Å². The summed E-state index contributed by atoms with van der Waals surface area (Å²) in [6.45, 7) is 7.50. The van der Waals surface area contributed by atoms with Crippen molar-refractivity contribution >= 4 is 27.1 Å². The summed E-state index contributed by atoms with van der Waals surface area (Å²) in [7, 11) is 0. The van der Waals surface area contributed by atoms with Crippen molar-refractivity contribution in [3.8, 4) is 16.9 Å². The van der Waals surface area contributed by atoms with Gasteiger partial charge in [-0.15, -0.1) is 0 Å². The maximum atomic E-state index is 6.01. The Hall–Kier alpha value is -5.78. The number of nitrogens with one attached hydrogen (secondary N) is 2. The SMILES string of the molecule is C=C1/C=C\C=C/Oc2ccc3ccc4cc(C5C=CC(C6NN6C(NCc6ccccc6)c6cccc(-c7ccccc7)c6)=CC5C)ccc4c3c21. The lowest BCUT2D eigenvalue weighted by atomic mass is 9.81. The van der Waals surface area contributed by atoms with E-state index in [-0.39, 0.29) is 18.2 Å². The molecule has 3 aliphatic rings. The largest absolute Gasteiger partial charge is 0.464 e. The van der Waals surface area contributed by atoms with Crippen LogP contribution in [0.15, 0.2) is 182 Å². The summed E-state index contributed by atoms with van der Waals surface area (Å²) in [5.74, 6) is 1.46. The van der Waals surface area contributed by atoms with Gasteiger partial charge >= 0.3 is 0 Å².